The second-order valence-electron chi connectivity index (χ2n) is 11.0. The minimum absolute atomic E-state index is 0.0746. The molecule has 0 saturated carbocycles. The molecule has 0 bridgehead atoms. The molecule has 37 heavy (non-hydrogen) atoms. The van der Waals surface area contributed by atoms with E-state index in [0.29, 0.717) is 16.9 Å². The molecular formula is C27H38N4O5S. The first-order valence-electron chi connectivity index (χ1n) is 12.0. The van der Waals surface area contributed by atoms with Crippen molar-refractivity contribution in [2.75, 3.05) is 21.2 Å². The van der Waals surface area contributed by atoms with Gasteiger partial charge in [0.15, 0.2) is 0 Å². The van der Waals surface area contributed by atoms with Gasteiger partial charge in [-0.25, -0.2) is 14.0 Å². The Morgan fingerprint density at radius 1 is 1.03 bits per heavy atom. The largest absolute Gasteiger partial charge is 0.508 e. The zero-order valence-electron chi connectivity index (χ0n) is 23.1. The van der Waals surface area contributed by atoms with Crippen molar-refractivity contribution in [3.8, 4) is 17.1 Å². The highest BCUT2D eigenvalue weighted by atomic mass is 32.1. The zero-order chi connectivity index (χ0) is 27.7. The van der Waals surface area contributed by atoms with Crippen LogP contribution in [0.3, 0.4) is 0 Å². The summed E-state index contributed by atoms with van der Waals surface area (Å²) in [7, 11) is 5.07. The number of aliphatic hydroxyl groups excluding tert-OH is 1. The molecule has 0 aliphatic heterocycles. The Bertz CT molecular complexity index is 1390. The van der Waals surface area contributed by atoms with Crippen molar-refractivity contribution in [3.63, 3.8) is 0 Å². The molecule has 0 amide bonds. The van der Waals surface area contributed by atoms with Crippen LogP contribution in [0.15, 0.2) is 30.3 Å². The molecule has 0 aliphatic carbocycles. The van der Waals surface area contributed by atoms with Gasteiger partial charge in [0, 0.05) is 30.0 Å². The molecule has 0 aliphatic rings. The zero-order valence-corrected chi connectivity index (χ0v) is 23.9. The summed E-state index contributed by atoms with van der Waals surface area (Å²) in [5.74, 6) is 0.0746. The minimum atomic E-state index is -0.682. The van der Waals surface area contributed by atoms with Gasteiger partial charge in [0.25, 0.3) is 0 Å². The van der Waals surface area contributed by atoms with Gasteiger partial charge in [0.2, 0.25) is 0 Å². The summed E-state index contributed by atoms with van der Waals surface area (Å²) < 4.78 is 16.1. The van der Waals surface area contributed by atoms with Crippen molar-refractivity contribution < 1.29 is 24.5 Å². The highest BCUT2D eigenvalue weighted by molar-refractivity contribution is 7.19. The van der Waals surface area contributed by atoms with Crippen LogP contribution in [0.4, 0.5) is 4.79 Å². The average molecular weight is 531 g/mol. The van der Waals surface area contributed by atoms with Crippen LogP contribution in [0.25, 0.3) is 32.5 Å². The van der Waals surface area contributed by atoms with Gasteiger partial charge in [-0.3, -0.25) is 0 Å². The minimum Gasteiger partial charge on any atom is -0.508 e. The molecule has 9 nitrogen and oxygen atoms in total. The summed E-state index contributed by atoms with van der Waals surface area (Å²) in [5.41, 5.74) is 1.79. The normalized spacial score (nSPS) is 12.3. The molecule has 0 fully saturated rings. The third kappa shape index (κ3) is 6.70. The standard InChI is InChI=1S/C26H34N4O4S.CH4O/c1-25(2,3)33-15-29-21-13-18(14-28(7)8)35-23(21)22(27-29)20-11-16-9-10-17(31)12-19(16)30(20)24(32)34-26(4,5)6;1-2/h9-13,31H,14-15H2,1-8H3;2H,1H3. The lowest BCUT2D eigenvalue weighted by Gasteiger charge is -2.21. The number of benzene rings is 1. The van der Waals surface area contributed by atoms with Crippen LogP contribution < -0.4 is 0 Å². The van der Waals surface area contributed by atoms with Crippen molar-refractivity contribution in [1.29, 1.82) is 0 Å². The molecule has 2 N–H and O–H groups in total. The van der Waals surface area contributed by atoms with Crippen LogP contribution >= 0.6 is 11.3 Å². The SMILES string of the molecule is CN(C)Cc1cc2c(s1)c(-c1cc3ccc(O)cc3n1C(=O)OC(C)(C)C)nn2COC(C)(C)C.CO. The van der Waals surface area contributed by atoms with Gasteiger partial charge in [-0.1, -0.05) is 0 Å². The molecule has 3 aromatic heterocycles. The Hall–Kier alpha value is -2.92. The van der Waals surface area contributed by atoms with Crippen LogP contribution in [-0.2, 0) is 22.7 Å². The molecule has 0 unspecified atom stereocenters. The number of nitrogens with zero attached hydrogens (tertiary/aromatic N) is 4. The molecular weight excluding hydrogens is 492 g/mol. The maximum absolute atomic E-state index is 13.4. The second kappa shape index (κ2) is 10.8. The first-order chi connectivity index (χ1) is 17.2. The molecule has 4 aromatic rings. The molecule has 0 spiro atoms. The number of hydrogen-bond acceptors (Lipinski definition) is 8. The van der Waals surface area contributed by atoms with E-state index < -0.39 is 11.7 Å². The predicted molar refractivity (Wildman–Crippen MR) is 148 cm³/mol. The fourth-order valence-electron chi connectivity index (χ4n) is 3.79. The average Bonchev–Trinajstić information content (AvgIpc) is 3.42. The van der Waals surface area contributed by atoms with Crippen LogP contribution in [0.1, 0.15) is 46.4 Å². The number of phenols is 1. The van der Waals surface area contributed by atoms with E-state index in [-0.39, 0.29) is 18.1 Å². The van der Waals surface area contributed by atoms with E-state index in [1.807, 2.05) is 66.4 Å². The van der Waals surface area contributed by atoms with Gasteiger partial charge in [-0.2, -0.15) is 5.10 Å². The highest BCUT2D eigenvalue weighted by Crippen LogP contribution is 2.38. The predicted octanol–water partition coefficient (Wildman–Crippen LogP) is 5.65. The first-order valence-corrected chi connectivity index (χ1v) is 12.8. The van der Waals surface area contributed by atoms with Gasteiger partial charge in [-0.05, 0) is 79.9 Å². The van der Waals surface area contributed by atoms with E-state index in [9.17, 15) is 9.90 Å². The topological polar surface area (TPSA) is 102 Å². The maximum atomic E-state index is 13.4. The highest BCUT2D eigenvalue weighted by Gasteiger charge is 2.27. The van der Waals surface area contributed by atoms with E-state index >= 15 is 0 Å². The Balaban J connectivity index is 0.00000186. The molecule has 0 atom stereocenters. The van der Waals surface area contributed by atoms with Crippen LogP contribution in [0.5, 0.6) is 5.75 Å². The number of phenolic OH excluding ortho intramolecular Hbond substituents is 1. The number of aromatic hydroxyl groups is 1. The van der Waals surface area contributed by atoms with E-state index in [0.717, 1.165) is 29.3 Å². The Kier molecular flexibility index (Phi) is 8.38. The Morgan fingerprint density at radius 3 is 2.30 bits per heavy atom. The second-order valence-corrected chi connectivity index (χ2v) is 12.1. The maximum Gasteiger partial charge on any atom is 0.419 e. The van der Waals surface area contributed by atoms with E-state index in [1.165, 1.54) is 9.44 Å². The summed E-state index contributed by atoms with van der Waals surface area (Å²) in [6, 6.07) is 9.02. The van der Waals surface area contributed by atoms with E-state index in [2.05, 4.69) is 11.0 Å². The van der Waals surface area contributed by atoms with Crippen LogP contribution in [0, 0.1) is 0 Å². The third-order valence-electron chi connectivity index (χ3n) is 5.18. The number of rotatable bonds is 5. The lowest BCUT2D eigenvalue weighted by Crippen LogP contribution is -2.27. The monoisotopic (exact) mass is 530 g/mol. The van der Waals surface area contributed by atoms with Gasteiger partial charge in [0.05, 0.1) is 27.0 Å². The first kappa shape index (κ1) is 28.6. The van der Waals surface area contributed by atoms with Crippen molar-refractivity contribution in [3.05, 3.63) is 35.2 Å². The fourth-order valence-corrected chi connectivity index (χ4v) is 5.06. The molecule has 3 heterocycles. The Morgan fingerprint density at radius 2 is 1.70 bits per heavy atom. The summed E-state index contributed by atoms with van der Waals surface area (Å²) in [6.45, 7) is 12.6. The fraction of sp³-hybridized carbons (Fsp3) is 0.481. The molecule has 1 aromatic carbocycles. The number of fused-ring (bicyclic) bond motifs is 2. The summed E-state index contributed by atoms with van der Waals surface area (Å²) in [6.07, 6.45) is -0.521. The van der Waals surface area contributed by atoms with Crippen molar-refractivity contribution >= 4 is 38.5 Å². The van der Waals surface area contributed by atoms with Gasteiger partial charge >= 0.3 is 6.09 Å². The van der Waals surface area contributed by atoms with E-state index in [4.69, 9.17) is 19.7 Å². The number of aromatic nitrogens is 3. The number of aliphatic hydroxyl groups is 1. The van der Waals surface area contributed by atoms with Crippen LogP contribution in [0.2, 0.25) is 0 Å². The van der Waals surface area contributed by atoms with E-state index in [1.54, 1.807) is 29.5 Å². The number of carbonyl (C=O) groups excluding carboxylic acids is 1. The lowest BCUT2D eigenvalue weighted by atomic mass is 10.2. The van der Waals surface area contributed by atoms with Crippen molar-refractivity contribution in [2.45, 2.75) is 66.0 Å². The number of hydrogen-bond donors (Lipinski definition) is 2. The number of carbonyl (C=O) groups is 1. The molecule has 202 valence electrons. The van der Waals surface area contributed by atoms with Gasteiger partial charge in [0.1, 0.15) is 23.8 Å². The summed E-state index contributed by atoms with van der Waals surface area (Å²) in [4.78, 5) is 16.7. The number of thiophene rings is 1. The Labute approximate surface area is 221 Å². The molecule has 0 saturated heterocycles. The number of ether oxygens (including phenoxy) is 2. The smallest absolute Gasteiger partial charge is 0.419 e. The van der Waals surface area contributed by atoms with Crippen molar-refractivity contribution in [2.24, 2.45) is 0 Å². The molecule has 10 heteroatoms. The van der Waals surface area contributed by atoms with Crippen LogP contribution in [-0.4, -0.2) is 68.0 Å². The third-order valence-corrected chi connectivity index (χ3v) is 6.29. The van der Waals surface area contributed by atoms with Crippen molar-refractivity contribution in [1.82, 2.24) is 19.2 Å². The van der Waals surface area contributed by atoms with Gasteiger partial charge < -0.3 is 24.6 Å². The summed E-state index contributed by atoms with van der Waals surface area (Å²) in [5, 5.41) is 22.9. The quantitative estimate of drug-likeness (QED) is 0.344. The lowest BCUT2D eigenvalue weighted by molar-refractivity contribution is -0.0461. The van der Waals surface area contributed by atoms with Gasteiger partial charge in [-0.15, -0.1) is 11.3 Å². The molecule has 4 rings (SSSR count). The summed E-state index contributed by atoms with van der Waals surface area (Å²) >= 11 is 1.65. The molecule has 0 radical (unpaired) electrons.